The van der Waals surface area contributed by atoms with Crippen LogP contribution in [0.3, 0.4) is 0 Å². The second kappa shape index (κ2) is 11.5. The van der Waals surface area contributed by atoms with Crippen LogP contribution in [-0.4, -0.2) is 23.5 Å². The normalized spacial score (nSPS) is 13.3. The fraction of sp³-hybridized carbons (Fsp3) is 0.400. The molecule has 0 radical (unpaired) electrons. The predicted octanol–water partition coefficient (Wildman–Crippen LogP) is 5.17. The molecule has 0 fully saturated rings. The second-order valence-electron chi connectivity index (χ2n) is 7.91. The third-order valence-corrected chi connectivity index (χ3v) is 5.49. The Morgan fingerprint density at radius 2 is 1.83 bits per heavy atom. The number of nitrogens with one attached hydrogen (secondary N) is 2. The lowest BCUT2D eigenvalue weighted by atomic mass is 10.0. The number of carbonyl (C=O) groups excluding carboxylic acids is 1. The van der Waals surface area contributed by atoms with E-state index in [0.717, 1.165) is 29.5 Å². The molecule has 2 aromatic carbocycles. The molecule has 5 heteroatoms. The van der Waals surface area contributed by atoms with Crippen LogP contribution in [0.25, 0.3) is 10.9 Å². The Kier molecular flexibility index (Phi) is 8.48. The number of H-pyrrole nitrogens is 1. The largest absolute Gasteiger partial charge is 0.361 e. The number of aromatic amines is 1. The van der Waals surface area contributed by atoms with E-state index in [0.29, 0.717) is 32.0 Å². The lowest BCUT2D eigenvalue weighted by Crippen LogP contribution is -2.40. The summed E-state index contributed by atoms with van der Waals surface area (Å²) in [4.78, 5) is 26.7. The molecule has 3 rings (SSSR count). The van der Waals surface area contributed by atoms with Crippen LogP contribution in [0.4, 0.5) is 0 Å². The third-order valence-electron chi connectivity index (χ3n) is 5.49. The number of carbonyl (C=O) groups is 1. The molecule has 1 unspecified atom stereocenters. The van der Waals surface area contributed by atoms with Crippen LogP contribution in [-0.2, 0) is 27.6 Å². The summed E-state index contributed by atoms with van der Waals surface area (Å²) in [6.45, 7) is 5.00. The van der Waals surface area contributed by atoms with Crippen LogP contribution in [0, 0.1) is 5.92 Å². The van der Waals surface area contributed by atoms with Gasteiger partial charge in [-0.25, -0.2) is 9.78 Å². The van der Waals surface area contributed by atoms with Crippen molar-refractivity contribution in [1.82, 2.24) is 10.3 Å². The molecule has 0 spiro atoms. The van der Waals surface area contributed by atoms with Crippen LogP contribution in [0.5, 0.6) is 0 Å². The molecule has 1 heterocycles. The highest BCUT2D eigenvalue weighted by Gasteiger charge is 2.17. The number of fused-ring (bicyclic) bond motifs is 1. The molecule has 160 valence electrons. The smallest absolute Gasteiger partial charge is 0.220 e. The van der Waals surface area contributed by atoms with Crippen molar-refractivity contribution in [2.75, 3.05) is 6.61 Å². The fourth-order valence-corrected chi connectivity index (χ4v) is 3.41. The summed E-state index contributed by atoms with van der Waals surface area (Å²) in [7, 11) is 0. The first-order valence-electron chi connectivity index (χ1n) is 10.8. The summed E-state index contributed by atoms with van der Waals surface area (Å²) in [5.41, 5.74) is 3.29. The minimum absolute atomic E-state index is 0.0619. The van der Waals surface area contributed by atoms with E-state index in [-0.39, 0.29) is 11.9 Å². The van der Waals surface area contributed by atoms with E-state index in [2.05, 4.69) is 36.3 Å². The highest BCUT2D eigenvalue weighted by atomic mass is 17.2. The van der Waals surface area contributed by atoms with Crippen LogP contribution >= 0.6 is 0 Å². The van der Waals surface area contributed by atoms with Gasteiger partial charge >= 0.3 is 0 Å². The lowest BCUT2D eigenvalue weighted by Gasteiger charge is -2.19. The van der Waals surface area contributed by atoms with Gasteiger partial charge in [0.1, 0.15) is 13.2 Å². The molecule has 3 aromatic rings. The number of aromatic nitrogens is 1. The predicted molar refractivity (Wildman–Crippen MR) is 120 cm³/mol. The van der Waals surface area contributed by atoms with Crippen molar-refractivity contribution in [3.8, 4) is 0 Å². The van der Waals surface area contributed by atoms with E-state index in [4.69, 9.17) is 9.78 Å². The van der Waals surface area contributed by atoms with Crippen molar-refractivity contribution >= 4 is 16.8 Å². The van der Waals surface area contributed by atoms with Gasteiger partial charge in [-0.3, -0.25) is 4.79 Å². The monoisotopic (exact) mass is 408 g/mol. The molecule has 2 N–H and O–H groups in total. The van der Waals surface area contributed by atoms with E-state index in [9.17, 15) is 4.79 Å². The minimum Gasteiger partial charge on any atom is -0.361 e. The minimum atomic E-state index is -0.163. The zero-order chi connectivity index (χ0) is 21.2. The van der Waals surface area contributed by atoms with E-state index in [1.807, 2.05) is 48.7 Å². The molecule has 2 atom stereocenters. The Labute approximate surface area is 178 Å². The molecule has 0 aliphatic carbocycles. The Morgan fingerprint density at radius 3 is 2.63 bits per heavy atom. The lowest BCUT2D eigenvalue weighted by molar-refractivity contribution is -0.306. The van der Waals surface area contributed by atoms with Crippen LogP contribution in [0.2, 0.25) is 0 Å². The van der Waals surface area contributed by atoms with Gasteiger partial charge in [0, 0.05) is 23.5 Å². The molecular formula is C25H32N2O3. The average molecular weight is 409 g/mol. The zero-order valence-electron chi connectivity index (χ0n) is 17.9. The Bertz CT molecular complexity index is 907. The number of para-hydroxylation sites is 1. The second-order valence-corrected chi connectivity index (χ2v) is 7.91. The van der Waals surface area contributed by atoms with E-state index in [1.165, 1.54) is 5.39 Å². The summed E-state index contributed by atoms with van der Waals surface area (Å²) < 4.78 is 0. The maximum absolute atomic E-state index is 12.5. The van der Waals surface area contributed by atoms with E-state index >= 15 is 0 Å². The number of benzene rings is 2. The van der Waals surface area contributed by atoms with Crippen molar-refractivity contribution in [2.45, 2.75) is 52.2 Å². The molecule has 0 saturated carbocycles. The van der Waals surface area contributed by atoms with E-state index < -0.39 is 0 Å². The molecule has 0 aliphatic heterocycles. The fourth-order valence-electron chi connectivity index (χ4n) is 3.41. The van der Waals surface area contributed by atoms with Gasteiger partial charge < -0.3 is 10.3 Å². The van der Waals surface area contributed by atoms with Gasteiger partial charge in [-0.2, -0.15) is 0 Å². The van der Waals surface area contributed by atoms with Gasteiger partial charge in [0.05, 0.1) is 6.04 Å². The maximum atomic E-state index is 12.5. The van der Waals surface area contributed by atoms with Crippen molar-refractivity contribution < 1.29 is 14.6 Å². The number of rotatable bonds is 12. The number of hydrogen-bond acceptors (Lipinski definition) is 3. The van der Waals surface area contributed by atoms with Gasteiger partial charge in [0.2, 0.25) is 5.91 Å². The first-order chi connectivity index (χ1) is 14.7. The third kappa shape index (κ3) is 6.71. The number of amides is 1. The molecule has 1 aromatic heterocycles. The van der Waals surface area contributed by atoms with Gasteiger partial charge in [-0.1, -0.05) is 68.8 Å². The highest BCUT2D eigenvalue weighted by Crippen LogP contribution is 2.19. The summed E-state index contributed by atoms with van der Waals surface area (Å²) in [6.07, 6.45) is 5.20. The van der Waals surface area contributed by atoms with Crippen molar-refractivity contribution in [3.63, 3.8) is 0 Å². The topological polar surface area (TPSA) is 63.4 Å². The first kappa shape index (κ1) is 22.1. The Hall–Kier alpha value is -2.63. The number of hydrogen-bond donors (Lipinski definition) is 2. The average Bonchev–Trinajstić information content (AvgIpc) is 3.18. The zero-order valence-corrected chi connectivity index (χ0v) is 17.9. The molecular weight excluding hydrogens is 376 g/mol. The van der Waals surface area contributed by atoms with Crippen LogP contribution in [0.1, 0.15) is 44.2 Å². The quantitative estimate of drug-likeness (QED) is 0.247. The molecule has 0 saturated heterocycles. The Morgan fingerprint density at radius 1 is 1.07 bits per heavy atom. The highest BCUT2D eigenvalue weighted by molar-refractivity contribution is 5.83. The van der Waals surface area contributed by atoms with Gasteiger partial charge in [0.25, 0.3) is 0 Å². The SMILES string of the molecule is CC[C@H](C)CCC(=O)NC(COOCc1ccccc1)Cc1c[nH]c2ccccc12. The van der Waals surface area contributed by atoms with Crippen molar-refractivity contribution in [2.24, 2.45) is 5.92 Å². The van der Waals surface area contributed by atoms with Gasteiger partial charge in [-0.15, -0.1) is 0 Å². The van der Waals surface area contributed by atoms with Crippen molar-refractivity contribution in [1.29, 1.82) is 0 Å². The van der Waals surface area contributed by atoms with Crippen LogP contribution < -0.4 is 5.32 Å². The molecule has 0 aliphatic rings. The standard InChI is InChI=1S/C25H32N2O3/c1-3-19(2)13-14-25(28)27-22(18-30-29-17-20-9-5-4-6-10-20)15-21-16-26-24-12-8-7-11-23(21)24/h4-12,16,19,22,26H,3,13-15,17-18H2,1-2H3,(H,27,28)/t19-,22?/m0/s1. The van der Waals surface area contributed by atoms with E-state index in [1.54, 1.807) is 0 Å². The summed E-state index contributed by atoms with van der Waals surface area (Å²) in [5, 5.41) is 4.31. The molecule has 1 amide bonds. The first-order valence-corrected chi connectivity index (χ1v) is 10.8. The summed E-state index contributed by atoms with van der Waals surface area (Å²) in [5.74, 6) is 0.611. The molecule has 30 heavy (non-hydrogen) atoms. The molecule has 0 bridgehead atoms. The summed E-state index contributed by atoms with van der Waals surface area (Å²) >= 11 is 0. The van der Waals surface area contributed by atoms with Gasteiger partial charge in [0.15, 0.2) is 0 Å². The molecule has 5 nitrogen and oxygen atoms in total. The van der Waals surface area contributed by atoms with Crippen LogP contribution in [0.15, 0.2) is 60.8 Å². The van der Waals surface area contributed by atoms with Crippen molar-refractivity contribution in [3.05, 3.63) is 71.9 Å². The summed E-state index contributed by atoms with van der Waals surface area (Å²) in [6, 6.07) is 17.9. The maximum Gasteiger partial charge on any atom is 0.220 e. The van der Waals surface area contributed by atoms with Gasteiger partial charge in [-0.05, 0) is 36.0 Å². The Balaban J connectivity index is 1.58.